The van der Waals surface area contributed by atoms with Crippen molar-refractivity contribution in [1.29, 1.82) is 0 Å². The van der Waals surface area contributed by atoms with Gasteiger partial charge in [-0.2, -0.15) is 0 Å². The van der Waals surface area contributed by atoms with Crippen molar-refractivity contribution in [3.63, 3.8) is 0 Å². The maximum absolute atomic E-state index is 12.3. The molecule has 4 aliphatic carbocycles. The molecule has 3 heteroatoms. The van der Waals surface area contributed by atoms with E-state index in [1.165, 1.54) is 18.1 Å². The third-order valence-electron chi connectivity index (χ3n) is 8.01. The number of aliphatic hydroxyl groups is 1. The molecule has 2 saturated carbocycles. The summed E-state index contributed by atoms with van der Waals surface area (Å²) in [5.74, 6) is 1.05. The Morgan fingerprint density at radius 1 is 1.28 bits per heavy atom. The summed E-state index contributed by atoms with van der Waals surface area (Å²) in [5, 5.41) is 11.2. The minimum Gasteiger partial charge on any atom is -0.381 e. The minimum absolute atomic E-state index is 0.0887. The predicted octanol–water partition coefficient (Wildman–Crippen LogP) is 3.78. The Morgan fingerprint density at radius 3 is 2.68 bits per heavy atom. The Kier molecular flexibility index (Phi) is 3.41. The van der Waals surface area contributed by atoms with E-state index >= 15 is 0 Å². The summed E-state index contributed by atoms with van der Waals surface area (Å²) in [6.07, 6.45) is 11.1. The summed E-state index contributed by atoms with van der Waals surface area (Å²) in [4.78, 5) is 24.2. The highest BCUT2D eigenvalue weighted by Crippen LogP contribution is 2.65. The van der Waals surface area contributed by atoms with Gasteiger partial charge < -0.3 is 5.11 Å². The zero-order valence-electron chi connectivity index (χ0n) is 15.6. The van der Waals surface area contributed by atoms with Crippen LogP contribution in [0, 0.1) is 28.6 Å². The lowest BCUT2D eigenvalue weighted by Gasteiger charge is -2.55. The third kappa shape index (κ3) is 1.96. The largest absolute Gasteiger partial charge is 0.381 e. The molecule has 4 rings (SSSR count). The quantitative estimate of drug-likeness (QED) is 0.739. The molecule has 0 bridgehead atoms. The van der Waals surface area contributed by atoms with E-state index < -0.39 is 5.60 Å². The number of hydrogen-bond donors (Lipinski definition) is 1. The molecule has 4 aliphatic rings. The molecule has 0 amide bonds. The number of Topliss-reactive ketones (excluding diaryl/α,β-unsaturated/α-hetero) is 1. The minimum atomic E-state index is -1.20. The van der Waals surface area contributed by atoms with Crippen LogP contribution in [0.15, 0.2) is 35.5 Å². The Balaban J connectivity index is 1.82. The molecule has 25 heavy (non-hydrogen) atoms. The van der Waals surface area contributed by atoms with Crippen molar-refractivity contribution >= 4 is 11.6 Å². The van der Waals surface area contributed by atoms with Crippen molar-refractivity contribution in [3.8, 4) is 0 Å². The summed E-state index contributed by atoms with van der Waals surface area (Å²) >= 11 is 0. The van der Waals surface area contributed by atoms with Crippen LogP contribution in [0.1, 0.15) is 53.4 Å². The normalized spacial score (nSPS) is 48.2. The van der Waals surface area contributed by atoms with Crippen LogP contribution in [0.4, 0.5) is 0 Å². The van der Waals surface area contributed by atoms with E-state index in [2.05, 4.69) is 32.9 Å². The molecule has 0 aromatic rings. The van der Waals surface area contributed by atoms with Crippen LogP contribution < -0.4 is 0 Å². The zero-order valence-corrected chi connectivity index (χ0v) is 15.6. The maximum Gasteiger partial charge on any atom is 0.178 e. The standard InChI is InChI=1S/C22H28O3/c1-13-11-16-17(20(3)8-5-15(24)12-19(13)20)6-9-21(4)18(16)7-10-22(21,25)14(2)23/h5-6,8,12-13,16,18,25H,7,9-11H2,1-4H3. The third-order valence-corrected chi connectivity index (χ3v) is 8.01. The second kappa shape index (κ2) is 5.03. The van der Waals surface area contributed by atoms with E-state index in [-0.39, 0.29) is 22.4 Å². The molecular weight excluding hydrogens is 312 g/mol. The smallest absolute Gasteiger partial charge is 0.178 e. The molecular formula is C22H28O3. The van der Waals surface area contributed by atoms with Crippen LogP contribution in [0.5, 0.6) is 0 Å². The molecule has 0 aromatic heterocycles. The van der Waals surface area contributed by atoms with Gasteiger partial charge in [0, 0.05) is 10.8 Å². The zero-order chi connectivity index (χ0) is 18.2. The molecule has 6 atom stereocenters. The van der Waals surface area contributed by atoms with Crippen LogP contribution in [-0.4, -0.2) is 22.3 Å². The van der Waals surface area contributed by atoms with E-state index in [1.807, 2.05) is 6.08 Å². The summed E-state index contributed by atoms with van der Waals surface area (Å²) in [6.45, 7) is 8.09. The molecule has 1 N–H and O–H groups in total. The van der Waals surface area contributed by atoms with Crippen molar-refractivity contribution < 1.29 is 14.7 Å². The first-order valence-corrected chi connectivity index (χ1v) is 9.53. The van der Waals surface area contributed by atoms with Gasteiger partial charge in [0.1, 0.15) is 5.60 Å². The predicted molar refractivity (Wildman–Crippen MR) is 96.8 cm³/mol. The molecule has 3 nitrogen and oxygen atoms in total. The van der Waals surface area contributed by atoms with Crippen LogP contribution in [0.2, 0.25) is 0 Å². The van der Waals surface area contributed by atoms with Crippen LogP contribution >= 0.6 is 0 Å². The SMILES string of the molecule is CC(=O)C1(O)CCC2C3CC(C)C4=CC(=O)C=CC4(C)C3=CCC21C. The average Bonchev–Trinajstić information content (AvgIpc) is 2.83. The highest BCUT2D eigenvalue weighted by Gasteiger charge is 2.63. The molecule has 134 valence electrons. The molecule has 0 aromatic carbocycles. The van der Waals surface area contributed by atoms with E-state index in [0.29, 0.717) is 24.2 Å². The van der Waals surface area contributed by atoms with E-state index in [4.69, 9.17) is 0 Å². The number of hydrogen-bond acceptors (Lipinski definition) is 3. The van der Waals surface area contributed by atoms with Crippen molar-refractivity contribution in [2.75, 3.05) is 0 Å². The second-order valence-electron chi connectivity index (χ2n) is 9.12. The fraction of sp³-hybridized carbons (Fsp3) is 0.636. The maximum atomic E-state index is 12.3. The van der Waals surface area contributed by atoms with Crippen LogP contribution in [0.3, 0.4) is 0 Å². The first-order chi connectivity index (χ1) is 11.6. The molecule has 0 saturated heterocycles. The van der Waals surface area contributed by atoms with E-state index in [0.717, 1.165) is 19.3 Å². The summed E-state index contributed by atoms with van der Waals surface area (Å²) in [7, 11) is 0. The van der Waals surface area contributed by atoms with Gasteiger partial charge in [0.2, 0.25) is 0 Å². The van der Waals surface area contributed by atoms with E-state index in [9.17, 15) is 14.7 Å². The van der Waals surface area contributed by atoms with Crippen LogP contribution in [0.25, 0.3) is 0 Å². The van der Waals surface area contributed by atoms with Gasteiger partial charge in [0.05, 0.1) is 0 Å². The van der Waals surface area contributed by atoms with Crippen molar-refractivity contribution in [2.45, 2.75) is 59.0 Å². The van der Waals surface area contributed by atoms with Gasteiger partial charge in [-0.25, -0.2) is 0 Å². The molecule has 6 unspecified atom stereocenters. The molecule has 0 aliphatic heterocycles. The molecule has 2 fully saturated rings. The Morgan fingerprint density at radius 2 is 2.00 bits per heavy atom. The summed E-state index contributed by atoms with van der Waals surface area (Å²) in [6, 6.07) is 0. The fourth-order valence-corrected chi connectivity index (χ4v) is 6.52. The monoisotopic (exact) mass is 340 g/mol. The van der Waals surface area contributed by atoms with Crippen LogP contribution in [-0.2, 0) is 9.59 Å². The first-order valence-electron chi connectivity index (χ1n) is 9.53. The number of allylic oxidation sites excluding steroid dienone is 6. The fourth-order valence-electron chi connectivity index (χ4n) is 6.52. The van der Waals surface area contributed by atoms with Crippen molar-refractivity contribution in [2.24, 2.45) is 28.6 Å². The Hall–Kier alpha value is -1.48. The van der Waals surface area contributed by atoms with Crippen molar-refractivity contribution in [1.82, 2.24) is 0 Å². The number of carbonyl (C=O) groups is 2. The average molecular weight is 340 g/mol. The molecule has 0 spiro atoms. The number of carbonyl (C=O) groups excluding carboxylic acids is 2. The number of fused-ring (bicyclic) bond motifs is 5. The van der Waals surface area contributed by atoms with Gasteiger partial charge in [-0.1, -0.05) is 31.6 Å². The lowest BCUT2D eigenvalue weighted by Crippen LogP contribution is -2.54. The lowest BCUT2D eigenvalue weighted by molar-refractivity contribution is -0.150. The molecule has 0 radical (unpaired) electrons. The highest BCUT2D eigenvalue weighted by atomic mass is 16.3. The number of rotatable bonds is 1. The van der Waals surface area contributed by atoms with Gasteiger partial charge in [-0.05, 0) is 75.0 Å². The topological polar surface area (TPSA) is 54.4 Å². The van der Waals surface area contributed by atoms with E-state index in [1.54, 1.807) is 6.08 Å². The second-order valence-corrected chi connectivity index (χ2v) is 9.12. The van der Waals surface area contributed by atoms with Gasteiger partial charge in [-0.3, -0.25) is 9.59 Å². The van der Waals surface area contributed by atoms with Gasteiger partial charge in [0.25, 0.3) is 0 Å². The Bertz CT molecular complexity index is 757. The Labute approximate surface area is 149 Å². The van der Waals surface area contributed by atoms with Crippen molar-refractivity contribution in [3.05, 3.63) is 35.5 Å². The first kappa shape index (κ1) is 17.0. The molecule has 0 heterocycles. The van der Waals surface area contributed by atoms with Gasteiger partial charge >= 0.3 is 0 Å². The van der Waals surface area contributed by atoms with Gasteiger partial charge in [-0.15, -0.1) is 0 Å². The highest BCUT2D eigenvalue weighted by molar-refractivity contribution is 6.01. The lowest BCUT2D eigenvalue weighted by atomic mass is 9.50. The van der Waals surface area contributed by atoms with Gasteiger partial charge in [0.15, 0.2) is 11.6 Å². The summed E-state index contributed by atoms with van der Waals surface area (Å²) < 4.78 is 0. The number of ketones is 2. The summed E-state index contributed by atoms with van der Waals surface area (Å²) in [5.41, 5.74) is 0.868.